The van der Waals surface area contributed by atoms with Gasteiger partial charge >= 0.3 is 0 Å². The molecule has 1 amide bonds. The molecule has 1 aromatic heterocycles. The number of hydrogen-bond donors (Lipinski definition) is 3. The Morgan fingerprint density at radius 1 is 1.35 bits per heavy atom. The molecule has 0 unspecified atom stereocenters. The van der Waals surface area contributed by atoms with Crippen LogP contribution in [0, 0.1) is 0 Å². The van der Waals surface area contributed by atoms with Gasteiger partial charge < -0.3 is 10.2 Å². The molecule has 7 nitrogen and oxygen atoms in total. The number of hydrazine groups is 1. The topological polar surface area (TPSA) is 96.2 Å². The van der Waals surface area contributed by atoms with Crippen molar-refractivity contribution in [2.24, 2.45) is 5.84 Å². The van der Waals surface area contributed by atoms with Crippen LogP contribution in [0.5, 0.6) is 0 Å². The summed E-state index contributed by atoms with van der Waals surface area (Å²) in [5.74, 6) is 6.31. The molecule has 20 heavy (non-hydrogen) atoms. The van der Waals surface area contributed by atoms with Gasteiger partial charge in [0.05, 0.1) is 12.1 Å². The molecule has 106 valence electrons. The number of carbonyl (C=O) groups excluding carboxylic acids is 1. The highest BCUT2D eigenvalue weighted by molar-refractivity contribution is 5.92. The summed E-state index contributed by atoms with van der Waals surface area (Å²) in [6.45, 7) is 2.71. The molecule has 2 rings (SSSR count). The third kappa shape index (κ3) is 2.94. The van der Waals surface area contributed by atoms with E-state index >= 15 is 0 Å². The van der Waals surface area contributed by atoms with E-state index in [1.54, 1.807) is 4.90 Å². The summed E-state index contributed by atoms with van der Waals surface area (Å²) in [7, 11) is 1.81. The Hall–Kier alpha value is -2.41. The van der Waals surface area contributed by atoms with Gasteiger partial charge in [-0.05, 0) is 19.1 Å². The third-order valence-electron chi connectivity index (χ3n) is 2.83. The van der Waals surface area contributed by atoms with Crippen LogP contribution in [0.15, 0.2) is 24.3 Å². The molecule has 1 aromatic carbocycles. The molecule has 0 radical (unpaired) electrons. The Morgan fingerprint density at radius 3 is 2.80 bits per heavy atom. The van der Waals surface area contributed by atoms with Crippen molar-refractivity contribution in [1.82, 2.24) is 15.3 Å². The number of nitrogen functional groups attached to an aromatic ring is 1. The van der Waals surface area contributed by atoms with Gasteiger partial charge in [0.15, 0.2) is 0 Å². The SMILES string of the molecule is CCNC(=O)CN(C)c1nc(NN)nc2ccccc12. The molecular formula is C13H18N6O. The van der Waals surface area contributed by atoms with Crippen molar-refractivity contribution in [3.05, 3.63) is 24.3 Å². The van der Waals surface area contributed by atoms with E-state index in [9.17, 15) is 4.79 Å². The lowest BCUT2D eigenvalue weighted by molar-refractivity contribution is -0.119. The molecule has 0 aliphatic rings. The van der Waals surface area contributed by atoms with Gasteiger partial charge in [-0.15, -0.1) is 0 Å². The number of hydrogen-bond acceptors (Lipinski definition) is 6. The van der Waals surface area contributed by atoms with Gasteiger partial charge in [0.2, 0.25) is 11.9 Å². The largest absolute Gasteiger partial charge is 0.355 e. The molecule has 4 N–H and O–H groups in total. The van der Waals surface area contributed by atoms with E-state index in [1.165, 1.54) is 0 Å². The molecule has 0 aliphatic carbocycles. The van der Waals surface area contributed by atoms with Gasteiger partial charge in [0.1, 0.15) is 5.82 Å². The molecule has 0 spiro atoms. The number of nitrogens with two attached hydrogens (primary N) is 1. The van der Waals surface area contributed by atoms with Crippen molar-refractivity contribution in [3.8, 4) is 0 Å². The monoisotopic (exact) mass is 274 g/mol. The minimum Gasteiger partial charge on any atom is -0.355 e. The zero-order valence-corrected chi connectivity index (χ0v) is 11.6. The highest BCUT2D eigenvalue weighted by Gasteiger charge is 2.13. The molecule has 0 fully saturated rings. The number of likely N-dealkylation sites (N-methyl/N-ethyl adjacent to an activating group) is 2. The summed E-state index contributed by atoms with van der Waals surface area (Å²) in [5, 5.41) is 3.63. The molecule has 0 bridgehead atoms. The molecule has 7 heteroatoms. The Labute approximate surface area is 117 Å². The Kier molecular flexibility index (Phi) is 4.31. The van der Waals surface area contributed by atoms with Crippen molar-refractivity contribution >= 4 is 28.6 Å². The standard InChI is InChI=1S/C13H18N6O/c1-3-15-11(20)8-19(2)12-9-6-4-5-7-10(9)16-13(17-12)18-14/h4-7H,3,8,14H2,1-2H3,(H,15,20)(H,16,17,18). The highest BCUT2D eigenvalue weighted by atomic mass is 16.2. The van der Waals surface area contributed by atoms with Gasteiger partial charge in [-0.25, -0.2) is 10.8 Å². The van der Waals surface area contributed by atoms with E-state index in [1.807, 2.05) is 38.2 Å². The summed E-state index contributed by atoms with van der Waals surface area (Å²) in [4.78, 5) is 22.1. The number of nitrogens with one attached hydrogen (secondary N) is 2. The Balaban J connectivity index is 2.38. The maximum absolute atomic E-state index is 11.7. The van der Waals surface area contributed by atoms with Gasteiger partial charge in [0, 0.05) is 19.0 Å². The van der Waals surface area contributed by atoms with Crippen molar-refractivity contribution < 1.29 is 4.79 Å². The Bertz CT molecular complexity index is 615. The summed E-state index contributed by atoms with van der Waals surface area (Å²) < 4.78 is 0. The average molecular weight is 274 g/mol. The summed E-state index contributed by atoms with van der Waals surface area (Å²) in [6.07, 6.45) is 0. The minimum atomic E-state index is -0.0556. The van der Waals surface area contributed by atoms with Crippen molar-refractivity contribution in [2.45, 2.75) is 6.92 Å². The van der Waals surface area contributed by atoms with Crippen LogP contribution in [0.4, 0.5) is 11.8 Å². The first-order valence-electron chi connectivity index (χ1n) is 6.37. The van der Waals surface area contributed by atoms with Gasteiger partial charge in [0.25, 0.3) is 0 Å². The van der Waals surface area contributed by atoms with E-state index in [4.69, 9.17) is 5.84 Å². The van der Waals surface area contributed by atoms with Gasteiger partial charge in [-0.1, -0.05) is 12.1 Å². The predicted octanol–water partition coefficient (Wildman–Crippen LogP) is 0.488. The first kappa shape index (κ1) is 14.0. The van der Waals surface area contributed by atoms with Crippen LogP contribution in [0.25, 0.3) is 10.9 Å². The molecule has 0 atom stereocenters. The molecule has 0 aliphatic heterocycles. The van der Waals surface area contributed by atoms with Crippen molar-refractivity contribution in [3.63, 3.8) is 0 Å². The average Bonchev–Trinajstić information content (AvgIpc) is 2.46. The van der Waals surface area contributed by atoms with Gasteiger partial charge in [-0.2, -0.15) is 4.98 Å². The maximum atomic E-state index is 11.7. The lowest BCUT2D eigenvalue weighted by atomic mass is 10.2. The van der Waals surface area contributed by atoms with Gasteiger partial charge in [-0.3, -0.25) is 10.2 Å². The second kappa shape index (κ2) is 6.16. The number of fused-ring (bicyclic) bond motifs is 1. The highest BCUT2D eigenvalue weighted by Crippen LogP contribution is 2.23. The zero-order valence-electron chi connectivity index (χ0n) is 11.6. The van der Waals surface area contributed by atoms with Crippen LogP contribution in [0.2, 0.25) is 0 Å². The molecule has 0 saturated heterocycles. The second-order valence-electron chi connectivity index (χ2n) is 4.34. The first-order chi connectivity index (χ1) is 9.65. The van der Waals surface area contributed by atoms with Crippen LogP contribution in [0.1, 0.15) is 6.92 Å². The number of carbonyl (C=O) groups is 1. The maximum Gasteiger partial charge on any atom is 0.239 e. The lowest BCUT2D eigenvalue weighted by Crippen LogP contribution is -2.35. The lowest BCUT2D eigenvalue weighted by Gasteiger charge is -2.19. The van der Waals surface area contributed by atoms with Crippen molar-refractivity contribution in [1.29, 1.82) is 0 Å². The summed E-state index contributed by atoms with van der Waals surface area (Å²) in [5.41, 5.74) is 3.21. The fourth-order valence-corrected chi connectivity index (χ4v) is 1.96. The van der Waals surface area contributed by atoms with Crippen molar-refractivity contribution in [2.75, 3.05) is 30.5 Å². The second-order valence-corrected chi connectivity index (χ2v) is 4.34. The number of benzene rings is 1. The predicted molar refractivity (Wildman–Crippen MR) is 79.3 cm³/mol. The number of amides is 1. The van der Waals surface area contributed by atoms with E-state index in [2.05, 4.69) is 20.7 Å². The number of rotatable bonds is 5. The van der Waals surface area contributed by atoms with E-state index in [0.29, 0.717) is 18.3 Å². The smallest absolute Gasteiger partial charge is 0.239 e. The Morgan fingerprint density at radius 2 is 2.10 bits per heavy atom. The number of nitrogens with zero attached hydrogens (tertiary/aromatic N) is 3. The first-order valence-corrected chi connectivity index (χ1v) is 6.37. The summed E-state index contributed by atoms with van der Waals surface area (Å²) >= 11 is 0. The van der Waals surface area contributed by atoms with Crippen LogP contribution >= 0.6 is 0 Å². The molecule has 2 aromatic rings. The normalized spacial score (nSPS) is 10.3. The fourth-order valence-electron chi connectivity index (χ4n) is 1.96. The molecular weight excluding hydrogens is 256 g/mol. The minimum absolute atomic E-state index is 0.0556. The van der Waals surface area contributed by atoms with E-state index in [0.717, 1.165) is 10.9 Å². The quantitative estimate of drug-likeness (QED) is 0.542. The number of para-hydroxylation sites is 1. The molecule has 1 heterocycles. The van der Waals surface area contributed by atoms with Crippen LogP contribution in [-0.4, -0.2) is 36.0 Å². The molecule has 0 saturated carbocycles. The number of anilines is 2. The van der Waals surface area contributed by atoms with E-state index < -0.39 is 0 Å². The van der Waals surface area contributed by atoms with Crippen LogP contribution < -0.4 is 21.5 Å². The fraction of sp³-hybridized carbons (Fsp3) is 0.308. The summed E-state index contributed by atoms with van der Waals surface area (Å²) in [6, 6.07) is 7.59. The number of aromatic nitrogens is 2. The zero-order chi connectivity index (χ0) is 14.5. The third-order valence-corrected chi connectivity index (χ3v) is 2.83. The van der Waals surface area contributed by atoms with Crippen LogP contribution in [-0.2, 0) is 4.79 Å². The van der Waals surface area contributed by atoms with E-state index in [-0.39, 0.29) is 12.5 Å². The van der Waals surface area contributed by atoms with Crippen LogP contribution in [0.3, 0.4) is 0 Å².